The predicted octanol–water partition coefficient (Wildman–Crippen LogP) is 4.65. The van der Waals surface area contributed by atoms with E-state index in [1.807, 2.05) is 0 Å². The average Bonchev–Trinajstić information content (AvgIpc) is 2.51. The number of alkyl carbamates (subject to hydrolysis) is 1. The number of carbonyl (C=O) groups excluding carboxylic acids is 2. The van der Waals surface area contributed by atoms with Gasteiger partial charge in [0.2, 0.25) is 0 Å². The molecule has 1 aromatic rings. The maximum Gasteiger partial charge on any atom is 0.416 e. The standard InChI is InChI=1S/C19H26F3NO4/c1-11(14-9-7-8-10-15(14)19(20,21)22)13(3)26-16(24)12(2)23-17(25)27-18(4,5)6/h7-13H,1-6H3,(H,23,25)/t11-,12-,13+/m0/s1. The van der Waals surface area contributed by atoms with E-state index in [4.69, 9.17) is 9.47 Å². The molecular weight excluding hydrogens is 363 g/mol. The molecule has 1 N–H and O–H groups in total. The maximum absolute atomic E-state index is 13.2. The number of halogens is 3. The maximum atomic E-state index is 13.2. The van der Waals surface area contributed by atoms with E-state index in [9.17, 15) is 22.8 Å². The normalized spacial score (nSPS) is 15.4. The largest absolute Gasteiger partial charge is 0.461 e. The molecule has 8 heteroatoms. The molecule has 0 aromatic heterocycles. The number of hydrogen-bond donors (Lipinski definition) is 1. The van der Waals surface area contributed by atoms with Gasteiger partial charge >= 0.3 is 18.2 Å². The fourth-order valence-corrected chi connectivity index (χ4v) is 2.34. The molecule has 0 saturated carbocycles. The topological polar surface area (TPSA) is 64.6 Å². The van der Waals surface area contributed by atoms with Crippen molar-refractivity contribution in [2.45, 2.75) is 71.4 Å². The van der Waals surface area contributed by atoms with Crippen molar-refractivity contribution in [2.24, 2.45) is 0 Å². The second kappa shape index (κ2) is 8.63. The molecule has 0 radical (unpaired) electrons. The van der Waals surface area contributed by atoms with Crippen molar-refractivity contribution < 1.29 is 32.2 Å². The van der Waals surface area contributed by atoms with Gasteiger partial charge in [0.1, 0.15) is 17.7 Å². The molecular formula is C19H26F3NO4. The summed E-state index contributed by atoms with van der Waals surface area (Å²) in [5, 5.41) is 2.34. The van der Waals surface area contributed by atoms with Gasteiger partial charge in [0.15, 0.2) is 0 Å². The first-order valence-corrected chi connectivity index (χ1v) is 8.58. The molecule has 0 fully saturated rings. The van der Waals surface area contributed by atoms with Crippen molar-refractivity contribution in [1.29, 1.82) is 0 Å². The Morgan fingerprint density at radius 1 is 1.04 bits per heavy atom. The number of benzene rings is 1. The van der Waals surface area contributed by atoms with E-state index in [1.54, 1.807) is 27.7 Å². The summed E-state index contributed by atoms with van der Waals surface area (Å²) >= 11 is 0. The summed E-state index contributed by atoms with van der Waals surface area (Å²) in [4.78, 5) is 23.9. The summed E-state index contributed by atoms with van der Waals surface area (Å²) in [6.45, 7) is 9.50. The van der Waals surface area contributed by atoms with Crippen LogP contribution in [0.3, 0.4) is 0 Å². The first-order chi connectivity index (χ1) is 12.2. The van der Waals surface area contributed by atoms with Crippen molar-refractivity contribution in [3.05, 3.63) is 35.4 Å². The molecule has 3 atom stereocenters. The molecule has 0 spiro atoms. The van der Waals surface area contributed by atoms with E-state index in [1.165, 1.54) is 32.0 Å². The smallest absolute Gasteiger partial charge is 0.416 e. The Labute approximate surface area is 157 Å². The molecule has 0 aliphatic heterocycles. The van der Waals surface area contributed by atoms with Gasteiger partial charge in [0, 0.05) is 5.92 Å². The second-order valence-electron chi connectivity index (χ2n) is 7.38. The molecule has 5 nitrogen and oxygen atoms in total. The Balaban J connectivity index is 2.77. The monoisotopic (exact) mass is 389 g/mol. The lowest BCUT2D eigenvalue weighted by Crippen LogP contribution is -2.43. The lowest BCUT2D eigenvalue weighted by molar-refractivity contribution is -0.151. The van der Waals surface area contributed by atoms with Crippen LogP contribution in [0, 0.1) is 0 Å². The minimum atomic E-state index is -4.50. The number of nitrogens with one attached hydrogen (secondary N) is 1. The lowest BCUT2D eigenvalue weighted by atomic mass is 9.91. The van der Waals surface area contributed by atoms with Crippen LogP contribution in [0.1, 0.15) is 58.6 Å². The van der Waals surface area contributed by atoms with E-state index in [0.717, 1.165) is 6.07 Å². The SMILES string of the molecule is C[C@H](NC(=O)OC(C)(C)C)C(=O)O[C@H](C)[C@H](C)c1ccccc1C(F)(F)F. The summed E-state index contributed by atoms with van der Waals surface area (Å²) in [7, 11) is 0. The van der Waals surface area contributed by atoms with Gasteiger partial charge < -0.3 is 14.8 Å². The number of alkyl halides is 3. The van der Waals surface area contributed by atoms with E-state index in [2.05, 4.69) is 5.32 Å². The zero-order valence-electron chi connectivity index (χ0n) is 16.3. The molecule has 0 bridgehead atoms. The molecule has 0 aliphatic carbocycles. The fraction of sp³-hybridized carbons (Fsp3) is 0.579. The Morgan fingerprint density at radius 2 is 1.59 bits per heavy atom. The van der Waals surface area contributed by atoms with E-state index in [0.29, 0.717) is 0 Å². The van der Waals surface area contributed by atoms with E-state index >= 15 is 0 Å². The van der Waals surface area contributed by atoms with Crippen molar-refractivity contribution >= 4 is 12.1 Å². The Kier molecular flexibility index (Phi) is 7.28. The third-order valence-electron chi connectivity index (χ3n) is 3.85. The van der Waals surface area contributed by atoms with Crippen LogP contribution in [0.5, 0.6) is 0 Å². The minimum Gasteiger partial charge on any atom is -0.461 e. The minimum absolute atomic E-state index is 0.0399. The zero-order valence-corrected chi connectivity index (χ0v) is 16.3. The summed E-state index contributed by atoms with van der Waals surface area (Å²) in [6, 6.07) is 4.16. The van der Waals surface area contributed by atoms with Crippen LogP contribution in [-0.4, -0.2) is 29.8 Å². The van der Waals surface area contributed by atoms with Crippen LogP contribution in [-0.2, 0) is 20.4 Å². The van der Waals surface area contributed by atoms with Crippen LogP contribution in [0.15, 0.2) is 24.3 Å². The van der Waals surface area contributed by atoms with Crippen LogP contribution < -0.4 is 5.32 Å². The third-order valence-corrected chi connectivity index (χ3v) is 3.85. The predicted molar refractivity (Wildman–Crippen MR) is 94.2 cm³/mol. The molecule has 0 heterocycles. The van der Waals surface area contributed by atoms with Crippen LogP contribution >= 0.6 is 0 Å². The number of hydrogen-bond acceptors (Lipinski definition) is 4. The highest BCUT2D eigenvalue weighted by Crippen LogP contribution is 2.36. The molecule has 0 unspecified atom stereocenters. The van der Waals surface area contributed by atoms with Crippen LogP contribution in [0.2, 0.25) is 0 Å². The summed E-state index contributed by atoms with van der Waals surface area (Å²) < 4.78 is 49.8. The summed E-state index contributed by atoms with van der Waals surface area (Å²) in [5.41, 5.74) is -1.45. The summed E-state index contributed by atoms with van der Waals surface area (Å²) in [6.07, 6.45) is -6.11. The van der Waals surface area contributed by atoms with E-state index < -0.39 is 47.5 Å². The Morgan fingerprint density at radius 3 is 2.11 bits per heavy atom. The van der Waals surface area contributed by atoms with Gasteiger partial charge in [0.05, 0.1) is 5.56 Å². The van der Waals surface area contributed by atoms with Gasteiger partial charge in [-0.3, -0.25) is 0 Å². The number of carbonyl (C=O) groups is 2. The fourth-order valence-electron chi connectivity index (χ4n) is 2.34. The van der Waals surface area contributed by atoms with Gasteiger partial charge in [-0.05, 0) is 46.2 Å². The van der Waals surface area contributed by atoms with Crippen molar-refractivity contribution in [3.8, 4) is 0 Å². The first-order valence-electron chi connectivity index (χ1n) is 8.58. The van der Waals surface area contributed by atoms with Crippen LogP contribution in [0.25, 0.3) is 0 Å². The summed E-state index contributed by atoms with van der Waals surface area (Å²) in [5.74, 6) is -1.45. The number of ether oxygens (including phenoxy) is 2. The number of rotatable bonds is 5. The number of amides is 1. The highest BCUT2D eigenvalue weighted by Gasteiger charge is 2.36. The molecule has 0 saturated heterocycles. The van der Waals surface area contributed by atoms with Gasteiger partial charge in [-0.15, -0.1) is 0 Å². The Hall–Kier alpha value is -2.25. The molecule has 1 rings (SSSR count). The second-order valence-corrected chi connectivity index (χ2v) is 7.38. The Bertz CT molecular complexity index is 668. The first kappa shape index (κ1) is 22.8. The molecule has 1 amide bonds. The quantitative estimate of drug-likeness (QED) is 0.745. The van der Waals surface area contributed by atoms with Gasteiger partial charge in [-0.1, -0.05) is 25.1 Å². The average molecular weight is 389 g/mol. The van der Waals surface area contributed by atoms with Gasteiger partial charge in [-0.2, -0.15) is 13.2 Å². The highest BCUT2D eigenvalue weighted by atomic mass is 19.4. The molecule has 0 aliphatic rings. The molecule has 152 valence electrons. The van der Waals surface area contributed by atoms with Crippen molar-refractivity contribution in [2.75, 3.05) is 0 Å². The lowest BCUT2D eigenvalue weighted by Gasteiger charge is -2.26. The highest BCUT2D eigenvalue weighted by molar-refractivity contribution is 5.81. The number of esters is 1. The van der Waals surface area contributed by atoms with Crippen molar-refractivity contribution in [1.82, 2.24) is 5.32 Å². The van der Waals surface area contributed by atoms with Gasteiger partial charge in [-0.25, -0.2) is 9.59 Å². The molecule has 1 aromatic carbocycles. The van der Waals surface area contributed by atoms with Crippen molar-refractivity contribution in [3.63, 3.8) is 0 Å². The van der Waals surface area contributed by atoms with Crippen LogP contribution in [0.4, 0.5) is 18.0 Å². The molecule has 27 heavy (non-hydrogen) atoms. The zero-order chi connectivity index (χ0) is 21.0. The van der Waals surface area contributed by atoms with Gasteiger partial charge in [0.25, 0.3) is 0 Å². The third kappa shape index (κ3) is 7.11. The van der Waals surface area contributed by atoms with E-state index in [-0.39, 0.29) is 5.56 Å².